The van der Waals surface area contributed by atoms with Gasteiger partial charge < -0.3 is 20.5 Å². The van der Waals surface area contributed by atoms with E-state index in [1.54, 1.807) is 29.1 Å². The molecule has 0 unspecified atom stereocenters. The second kappa shape index (κ2) is 9.07. The lowest BCUT2D eigenvalue weighted by Crippen LogP contribution is -2.19. The number of carbonyl (C=O) groups excluding carboxylic acids is 1. The van der Waals surface area contributed by atoms with Crippen molar-refractivity contribution in [3.05, 3.63) is 71.5 Å². The van der Waals surface area contributed by atoms with E-state index >= 15 is 0 Å². The van der Waals surface area contributed by atoms with Crippen LogP contribution < -0.4 is 15.4 Å². The quantitative estimate of drug-likeness (QED) is 0.577. The number of nitrogens with zero attached hydrogens (tertiary/aromatic N) is 2. The maximum atomic E-state index is 12.1. The highest BCUT2D eigenvalue weighted by molar-refractivity contribution is 6.30. The van der Waals surface area contributed by atoms with Gasteiger partial charge in [0, 0.05) is 23.0 Å². The molecule has 2 aromatic carbocycles. The molecule has 0 saturated heterocycles. The monoisotopic (exact) mass is 386 g/mol. The Kier molecular flexibility index (Phi) is 6.30. The van der Waals surface area contributed by atoms with Crippen LogP contribution in [0.5, 0.6) is 5.75 Å². The van der Waals surface area contributed by atoms with Crippen molar-refractivity contribution in [2.75, 3.05) is 17.2 Å². The first kappa shape index (κ1) is 18.8. The normalized spacial score (nSPS) is 10.4. The van der Waals surface area contributed by atoms with Crippen molar-refractivity contribution in [1.82, 2.24) is 9.78 Å². The third kappa shape index (κ3) is 5.73. The summed E-state index contributed by atoms with van der Waals surface area (Å²) < 4.78 is 7.29. The predicted octanol–water partition coefficient (Wildman–Crippen LogP) is 3.75. The fraction of sp³-hybridized carbons (Fsp3) is 0.158. The number of carbonyl (C=O) groups is 1. The van der Waals surface area contributed by atoms with Gasteiger partial charge in [-0.3, -0.25) is 4.68 Å². The molecule has 8 heteroatoms. The van der Waals surface area contributed by atoms with E-state index in [4.69, 9.17) is 21.4 Å². The van der Waals surface area contributed by atoms with Gasteiger partial charge in [0.05, 0.1) is 25.0 Å². The summed E-state index contributed by atoms with van der Waals surface area (Å²) in [4.78, 5) is 12.1. The number of hydrogen-bond donors (Lipinski definition) is 3. The predicted molar refractivity (Wildman–Crippen MR) is 104 cm³/mol. The molecule has 7 nitrogen and oxygen atoms in total. The number of nitrogens with one attached hydrogen (secondary N) is 2. The highest BCUT2D eigenvalue weighted by Crippen LogP contribution is 2.19. The fourth-order valence-electron chi connectivity index (χ4n) is 2.36. The minimum Gasteiger partial charge on any atom is -0.489 e. The third-order valence-corrected chi connectivity index (χ3v) is 3.88. The van der Waals surface area contributed by atoms with Crippen molar-refractivity contribution < 1.29 is 14.6 Å². The van der Waals surface area contributed by atoms with Gasteiger partial charge in [-0.25, -0.2) is 4.79 Å². The van der Waals surface area contributed by atoms with Gasteiger partial charge in [-0.05, 0) is 29.8 Å². The zero-order chi connectivity index (χ0) is 19.1. The number of ether oxygens (including phenoxy) is 1. The molecular weight excluding hydrogens is 368 g/mol. The molecule has 0 radical (unpaired) electrons. The van der Waals surface area contributed by atoms with E-state index in [0.29, 0.717) is 35.3 Å². The Hall–Kier alpha value is -3.03. The van der Waals surface area contributed by atoms with Crippen LogP contribution in [0.1, 0.15) is 5.56 Å². The van der Waals surface area contributed by atoms with Gasteiger partial charge in [-0.1, -0.05) is 29.8 Å². The van der Waals surface area contributed by atoms with Crippen LogP contribution in [0.15, 0.2) is 60.9 Å². The van der Waals surface area contributed by atoms with Crippen molar-refractivity contribution in [3.63, 3.8) is 0 Å². The van der Waals surface area contributed by atoms with E-state index in [2.05, 4.69) is 15.7 Å². The SMILES string of the molecule is O=C(Nc1cccc(OCc2ccc(Cl)cc2)c1)Nc1cnn(CCO)c1. The van der Waals surface area contributed by atoms with Crippen molar-refractivity contribution in [2.24, 2.45) is 0 Å². The Morgan fingerprint density at radius 3 is 2.70 bits per heavy atom. The number of aliphatic hydroxyl groups excluding tert-OH is 1. The van der Waals surface area contributed by atoms with E-state index < -0.39 is 6.03 Å². The average molecular weight is 387 g/mol. The van der Waals surface area contributed by atoms with E-state index in [1.807, 2.05) is 30.3 Å². The Morgan fingerprint density at radius 1 is 1.15 bits per heavy atom. The molecule has 0 spiro atoms. The Bertz CT molecular complexity index is 896. The molecule has 0 bridgehead atoms. The lowest BCUT2D eigenvalue weighted by atomic mass is 10.2. The van der Waals surface area contributed by atoms with Crippen molar-refractivity contribution in [1.29, 1.82) is 0 Å². The maximum Gasteiger partial charge on any atom is 0.323 e. The molecule has 3 rings (SSSR count). The summed E-state index contributed by atoms with van der Waals surface area (Å²) in [5.41, 5.74) is 2.13. The molecule has 140 valence electrons. The fourth-order valence-corrected chi connectivity index (χ4v) is 2.48. The summed E-state index contributed by atoms with van der Waals surface area (Å²) in [6, 6.07) is 14.1. The van der Waals surface area contributed by atoms with E-state index in [9.17, 15) is 4.79 Å². The highest BCUT2D eigenvalue weighted by atomic mass is 35.5. The molecule has 0 aliphatic rings. The number of benzene rings is 2. The molecule has 0 saturated carbocycles. The first-order valence-corrected chi connectivity index (χ1v) is 8.69. The molecule has 1 aromatic heterocycles. The van der Waals surface area contributed by atoms with E-state index in [0.717, 1.165) is 5.56 Å². The van der Waals surface area contributed by atoms with E-state index in [-0.39, 0.29) is 6.61 Å². The number of halogens is 1. The van der Waals surface area contributed by atoms with Crippen LogP contribution in [0.2, 0.25) is 5.02 Å². The van der Waals surface area contributed by atoms with Crippen molar-refractivity contribution in [3.8, 4) is 5.75 Å². The summed E-state index contributed by atoms with van der Waals surface area (Å²) >= 11 is 5.87. The van der Waals surface area contributed by atoms with Gasteiger partial charge in [0.25, 0.3) is 0 Å². The zero-order valence-corrected chi connectivity index (χ0v) is 15.2. The van der Waals surface area contributed by atoms with Crippen LogP contribution in [-0.2, 0) is 13.2 Å². The molecule has 0 aliphatic heterocycles. The number of hydrogen-bond acceptors (Lipinski definition) is 4. The lowest BCUT2D eigenvalue weighted by molar-refractivity contribution is 0.262. The number of urea groups is 1. The molecule has 1 heterocycles. The average Bonchev–Trinajstić information content (AvgIpc) is 3.08. The van der Waals surface area contributed by atoms with Crippen molar-refractivity contribution in [2.45, 2.75) is 13.2 Å². The van der Waals surface area contributed by atoms with Gasteiger partial charge in [0.1, 0.15) is 12.4 Å². The first-order chi connectivity index (χ1) is 13.1. The molecule has 3 N–H and O–H groups in total. The largest absolute Gasteiger partial charge is 0.489 e. The zero-order valence-electron chi connectivity index (χ0n) is 14.4. The Balaban J connectivity index is 1.54. The summed E-state index contributed by atoms with van der Waals surface area (Å²) in [6.45, 7) is 0.753. The van der Waals surface area contributed by atoms with Gasteiger partial charge in [0.15, 0.2) is 0 Å². The first-order valence-electron chi connectivity index (χ1n) is 8.31. The number of aliphatic hydroxyl groups is 1. The second-order valence-corrected chi connectivity index (χ2v) is 6.17. The summed E-state index contributed by atoms with van der Waals surface area (Å²) in [5.74, 6) is 0.638. The second-order valence-electron chi connectivity index (χ2n) is 5.74. The molecule has 3 aromatic rings. The van der Waals surface area contributed by atoms with Gasteiger partial charge >= 0.3 is 6.03 Å². The molecular formula is C19H19ClN4O3. The number of amides is 2. The van der Waals surface area contributed by atoms with Crippen molar-refractivity contribution >= 4 is 29.0 Å². The van der Waals surface area contributed by atoms with Crippen LogP contribution in [0.4, 0.5) is 16.2 Å². The highest BCUT2D eigenvalue weighted by Gasteiger charge is 2.06. The minimum atomic E-state index is -0.395. The summed E-state index contributed by atoms with van der Waals surface area (Å²) in [6.07, 6.45) is 3.16. The number of aromatic nitrogens is 2. The van der Waals surface area contributed by atoms with Crippen LogP contribution in [0.25, 0.3) is 0 Å². The van der Waals surface area contributed by atoms with Crippen LogP contribution in [0, 0.1) is 0 Å². The number of anilines is 2. The topological polar surface area (TPSA) is 88.4 Å². The smallest absolute Gasteiger partial charge is 0.323 e. The molecule has 2 amide bonds. The van der Waals surface area contributed by atoms with Gasteiger partial charge in [0.2, 0.25) is 0 Å². The lowest BCUT2D eigenvalue weighted by Gasteiger charge is -2.10. The Morgan fingerprint density at radius 2 is 1.93 bits per heavy atom. The van der Waals surface area contributed by atoms with Crippen LogP contribution in [-0.4, -0.2) is 27.5 Å². The van der Waals surface area contributed by atoms with Gasteiger partial charge in [-0.15, -0.1) is 0 Å². The minimum absolute atomic E-state index is 0.0177. The number of rotatable bonds is 7. The summed E-state index contributed by atoms with van der Waals surface area (Å²) in [7, 11) is 0. The van der Waals surface area contributed by atoms with Crippen LogP contribution in [0.3, 0.4) is 0 Å². The Labute approximate surface area is 161 Å². The molecule has 0 fully saturated rings. The maximum absolute atomic E-state index is 12.1. The third-order valence-electron chi connectivity index (χ3n) is 3.63. The van der Waals surface area contributed by atoms with Crippen LogP contribution >= 0.6 is 11.6 Å². The van der Waals surface area contributed by atoms with E-state index in [1.165, 1.54) is 6.20 Å². The summed E-state index contributed by atoms with van der Waals surface area (Å²) in [5, 5.41) is 19.0. The molecule has 0 aliphatic carbocycles. The molecule has 27 heavy (non-hydrogen) atoms. The molecule has 0 atom stereocenters. The van der Waals surface area contributed by atoms with Gasteiger partial charge in [-0.2, -0.15) is 5.10 Å². The standard InChI is InChI=1S/C19H19ClN4O3/c20-15-6-4-14(5-7-15)13-27-18-3-1-2-16(10-18)22-19(26)23-17-11-21-24(12-17)8-9-25/h1-7,10-12,25H,8-9,13H2,(H2,22,23,26).